The van der Waals surface area contributed by atoms with Gasteiger partial charge in [-0.25, -0.2) is 0 Å². The van der Waals surface area contributed by atoms with Crippen LogP contribution < -0.4 is 5.32 Å². The maximum atomic E-state index is 5.50. The Labute approximate surface area is 106 Å². The van der Waals surface area contributed by atoms with Gasteiger partial charge in [-0.3, -0.25) is 0 Å². The molecule has 0 saturated heterocycles. The van der Waals surface area contributed by atoms with Crippen LogP contribution in [0.4, 0.5) is 0 Å². The first-order valence-corrected chi connectivity index (χ1v) is 7.10. The second-order valence-corrected chi connectivity index (χ2v) is 5.29. The second-order valence-electron chi connectivity index (χ2n) is 5.29. The van der Waals surface area contributed by atoms with Gasteiger partial charge < -0.3 is 14.8 Å². The minimum Gasteiger partial charge on any atom is -0.385 e. The van der Waals surface area contributed by atoms with Crippen LogP contribution in [0.15, 0.2) is 0 Å². The summed E-state index contributed by atoms with van der Waals surface area (Å²) in [5.74, 6) is 1.86. The van der Waals surface area contributed by atoms with E-state index < -0.39 is 0 Å². The molecule has 0 aromatic heterocycles. The van der Waals surface area contributed by atoms with Gasteiger partial charge in [0.15, 0.2) is 0 Å². The van der Waals surface area contributed by atoms with Gasteiger partial charge in [-0.2, -0.15) is 0 Å². The quantitative estimate of drug-likeness (QED) is 0.631. The summed E-state index contributed by atoms with van der Waals surface area (Å²) in [4.78, 5) is 0. The SMILES string of the molecule is COCCCOCCNCC1CCC(C)CC1. The molecule has 3 nitrogen and oxygen atoms in total. The van der Waals surface area contributed by atoms with Crippen molar-refractivity contribution in [3.8, 4) is 0 Å². The van der Waals surface area contributed by atoms with E-state index in [1.807, 2.05) is 0 Å². The first-order valence-electron chi connectivity index (χ1n) is 7.10. The van der Waals surface area contributed by atoms with E-state index in [0.717, 1.165) is 44.6 Å². The van der Waals surface area contributed by atoms with Crippen LogP contribution in [0.25, 0.3) is 0 Å². The van der Waals surface area contributed by atoms with Crippen molar-refractivity contribution < 1.29 is 9.47 Å². The fourth-order valence-corrected chi connectivity index (χ4v) is 2.39. The summed E-state index contributed by atoms with van der Waals surface area (Å²) in [6.45, 7) is 6.97. The molecule has 1 fully saturated rings. The minimum absolute atomic E-state index is 0.799. The molecule has 1 N–H and O–H groups in total. The maximum Gasteiger partial charge on any atom is 0.0590 e. The van der Waals surface area contributed by atoms with Crippen molar-refractivity contribution >= 4 is 0 Å². The second kappa shape index (κ2) is 9.86. The molecule has 1 aliphatic carbocycles. The first-order chi connectivity index (χ1) is 8.33. The highest BCUT2D eigenvalue weighted by atomic mass is 16.5. The van der Waals surface area contributed by atoms with Crippen LogP contribution in [0.5, 0.6) is 0 Å². The molecule has 17 heavy (non-hydrogen) atoms. The lowest BCUT2D eigenvalue weighted by atomic mass is 9.83. The lowest BCUT2D eigenvalue weighted by Gasteiger charge is -2.26. The number of ether oxygens (including phenoxy) is 2. The Morgan fingerprint density at radius 3 is 2.53 bits per heavy atom. The summed E-state index contributed by atoms with van der Waals surface area (Å²) in [5.41, 5.74) is 0. The summed E-state index contributed by atoms with van der Waals surface area (Å²) in [6.07, 6.45) is 6.64. The average molecular weight is 243 g/mol. The van der Waals surface area contributed by atoms with Crippen LogP contribution in [0.3, 0.4) is 0 Å². The van der Waals surface area contributed by atoms with Crippen LogP contribution in [-0.2, 0) is 9.47 Å². The molecule has 0 aromatic rings. The summed E-state index contributed by atoms with van der Waals surface area (Å²) >= 11 is 0. The van der Waals surface area contributed by atoms with Crippen molar-refractivity contribution in [1.82, 2.24) is 5.32 Å². The third-order valence-corrected chi connectivity index (χ3v) is 3.63. The predicted molar refractivity (Wildman–Crippen MR) is 71.3 cm³/mol. The van der Waals surface area contributed by atoms with Gasteiger partial charge in [0.2, 0.25) is 0 Å². The van der Waals surface area contributed by atoms with Crippen LogP contribution in [0.1, 0.15) is 39.0 Å². The molecule has 0 unspecified atom stereocenters. The highest BCUT2D eigenvalue weighted by Gasteiger charge is 2.17. The molecule has 3 heteroatoms. The van der Waals surface area contributed by atoms with Gasteiger partial charge in [0.05, 0.1) is 6.61 Å². The molecule has 0 spiro atoms. The smallest absolute Gasteiger partial charge is 0.0590 e. The lowest BCUT2D eigenvalue weighted by Crippen LogP contribution is -2.28. The van der Waals surface area contributed by atoms with E-state index in [2.05, 4.69) is 12.2 Å². The van der Waals surface area contributed by atoms with E-state index in [9.17, 15) is 0 Å². The standard InChI is InChI=1S/C14H29NO2/c1-13-4-6-14(7-5-13)12-15-8-11-17-10-3-9-16-2/h13-15H,3-12H2,1-2H3. The van der Waals surface area contributed by atoms with Gasteiger partial charge in [-0.1, -0.05) is 19.8 Å². The molecule has 0 heterocycles. The highest BCUT2D eigenvalue weighted by molar-refractivity contribution is 4.71. The zero-order valence-electron chi connectivity index (χ0n) is 11.5. The maximum absolute atomic E-state index is 5.50. The highest BCUT2D eigenvalue weighted by Crippen LogP contribution is 2.27. The van der Waals surface area contributed by atoms with Crippen molar-refractivity contribution in [3.05, 3.63) is 0 Å². The third-order valence-electron chi connectivity index (χ3n) is 3.63. The van der Waals surface area contributed by atoms with Crippen LogP contribution >= 0.6 is 0 Å². The van der Waals surface area contributed by atoms with E-state index in [1.54, 1.807) is 7.11 Å². The van der Waals surface area contributed by atoms with Crippen molar-refractivity contribution in [2.75, 3.05) is 40.0 Å². The van der Waals surface area contributed by atoms with Crippen molar-refractivity contribution in [1.29, 1.82) is 0 Å². The Balaban J connectivity index is 1.81. The van der Waals surface area contributed by atoms with Crippen molar-refractivity contribution in [2.45, 2.75) is 39.0 Å². The molecule has 0 aromatic carbocycles. The minimum atomic E-state index is 0.799. The van der Waals surface area contributed by atoms with E-state index >= 15 is 0 Å². The molecular weight excluding hydrogens is 214 g/mol. The largest absolute Gasteiger partial charge is 0.385 e. The number of rotatable bonds is 9. The Hall–Kier alpha value is -0.120. The van der Waals surface area contributed by atoms with E-state index in [1.165, 1.54) is 32.2 Å². The molecule has 0 radical (unpaired) electrons. The van der Waals surface area contributed by atoms with Gasteiger partial charge in [0.25, 0.3) is 0 Å². The molecule has 0 aliphatic heterocycles. The first kappa shape index (κ1) is 14.9. The van der Waals surface area contributed by atoms with Crippen molar-refractivity contribution in [3.63, 3.8) is 0 Å². The fraction of sp³-hybridized carbons (Fsp3) is 1.00. The van der Waals surface area contributed by atoms with Gasteiger partial charge >= 0.3 is 0 Å². The van der Waals surface area contributed by atoms with Crippen LogP contribution in [0.2, 0.25) is 0 Å². The van der Waals surface area contributed by atoms with Crippen LogP contribution in [0, 0.1) is 11.8 Å². The molecule has 0 amide bonds. The number of hydrogen-bond acceptors (Lipinski definition) is 3. The Morgan fingerprint density at radius 2 is 1.82 bits per heavy atom. The van der Waals surface area contributed by atoms with Gasteiger partial charge in [-0.05, 0) is 37.6 Å². The number of nitrogens with one attached hydrogen (secondary N) is 1. The zero-order valence-corrected chi connectivity index (χ0v) is 11.5. The van der Waals surface area contributed by atoms with E-state index in [-0.39, 0.29) is 0 Å². The Kier molecular flexibility index (Phi) is 8.67. The third kappa shape index (κ3) is 7.74. The van der Waals surface area contributed by atoms with E-state index in [4.69, 9.17) is 9.47 Å². The average Bonchev–Trinajstić information content (AvgIpc) is 2.35. The van der Waals surface area contributed by atoms with Gasteiger partial charge in [-0.15, -0.1) is 0 Å². The Bertz CT molecular complexity index is 168. The lowest BCUT2D eigenvalue weighted by molar-refractivity contribution is 0.103. The predicted octanol–water partition coefficient (Wildman–Crippen LogP) is 2.46. The van der Waals surface area contributed by atoms with Crippen LogP contribution in [-0.4, -0.2) is 40.0 Å². The molecule has 0 bridgehead atoms. The molecule has 1 rings (SSSR count). The summed E-state index contributed by atoms with van der Waals surface area (Å²) < 4.78 is 10.5. The Morgan fingerprint density at radius 1 is 1.06 bits per heavy atom. The molecule has 1 aliphatic rings. The summed E-state index contributed by atoms with van der Waals surface area (Å²) in [6, 6.07) is 0. The monoisotopic (exact) mass is 243 g/mol. The van der Waals surface area contributed by atoms with Crippen molar-refractivity contribution in [2.24, 2.45) is 11.8 Å². The number of methoxy groups -OCH3 is 1. The number of hydrogen-bond donors (Lipinski definition) is 1. The topological polar surface area (TPSA) is 30.5 Å². The molecular formula is C14H29NO2. The summed E-state index contributed by atoms with van der Waals surface area (Å²) in [7, 11) is 1.73. The van der Waals surface area contributed by atoms with E-state index in [0.29, 0.717) is 0 Å². The normalized spacial score (nSPS) is 25.1. The summed E-state index contributed by atoms with van der Waals surface area (Å²) in [5, 5.41) is 3.50. The molecule has 0 atom stereocenters. The fourth-order valence-electron chi connectivity index (χ4n) is 2.39. The van der Waals surface area contributed by atoms with Gasteiger partial charge in [0.1, 0.15) is 0 Å². The zero-order chi connectivity index (χ0) is 12.3. The molecule has 1 saturated carbocycles. The van der Waals surface area contributed by atoms with Gasteiger partial charge in [0, 0.05) is 26.9 Å². The molecule has 102 valence electrons.